The highest BCUT2D eigenvalue weighted by Crippen LogP contribution is 2.25. The first-order valence-electron chi connectivity index (χ1n) is 5.10. The van der Waals surface area contributed by atoms with Gasteiger partial charge in [0.05, 0.1) is 5.57 Å². The summed E-state index contributed by atoms with van der Waals surface area (Å²) in [7, 11) is 0. The fourth-order valence-corrected chi connectivity index (χ4v) is 1.71. The Kier molecular flexibility index (Phi) is 2.69. The Hall–Kier alpha value is -2.14. The number of aliphatic hydroxyl groups is 1. The van der Waals surface area contributed by atoms with Crippen LogP contribution < -0.4 is 10.6 Å². The van der Waals surface area contributed by atoms with Crippen molar-refractivity contribution in [1.29, 1.82) is 0 Å². The number of benzene rings is 1. The third kappa shape index (κ3) is 1.92. The molecule has 0 saturated heterocycles. The molecule has 2 rings (SSSR count). The van der Waals surface area contributed by atoms with Gasteiger partial charge in [-0.2, -0.15) is 0 Å². The van der Waals surface area contributed by atoms with Crippen LogP contribution in [-0.2, 0) is 9.59 Å². The summed E-state index contributed by atoms with van der Waals surface area (Å²) in [5.41, 5.74) is 6.55. The number of nitrogens with two attached hydrogens (primary N) is 1. The Balaban J connectivity index is 2.34. The summed E-state index contributed by atoms with van der Waals surface area (Å²) >= 11 is 0. The van der Waals surface area contributed by atoms with Crippen LogP contribution >= 0.6 is 0 Å². The van der Waals surface area contributed by atoms with Crippen LogP contribution in [0.3, 0.4) is 0 Å². The number of nitrogens with zero attached hydrogens (tertiary/aromatic N) is 1. The monoisotopic (exact) mass is 232 g/mol. The molecule has 0 spiro atoms. The van der Waals surface area contributed by atoms with Gasteiger partial charge < -0.3 is 10.8 Å². The zero-order chi connectivity index (χ0) is 12.6. The lowest BCUT2D eigenvalue weighted by Gasteiger charge is -2.22. The molecule has 5 heteroatoms. The highest BCUT2D eigenvalue weighted by atomic mass is 16.3. The first-order valence-corrected chi connectivity index (χ1v) is 5.10. The lowest BCUT2D eigenvalue weighted by atomic mass is 10.2. The maximum absolute atomic E-state index is 11.7. The van der Waals surface area contributed by atoms with Crippen molar-refractivity contribution in [3.05, 3.63) is 41.5 Å². The van der Waals surface area contributed by atoms with Crippen molar-refractivity contribution in [2.24, 2.45) is 5.73 Å². The number of hydrogen-bond acceptors (Lipinski definition) is 3. The molecule has 0 radical (unpaired) electrons. The topological polar surface area (TPSA) is 83.6 Å². The second-order valence-electron chi connectivity index (χ2n) is 3.88. The Morgan fingerprint density at radius 1 is 1.35 bits per heavy atom. The van der Waals surface area contributed by atoms with Crippen LogP contribution in [-0.4, -0.2) is 23.1 Å². The average molecular weight is 232 g/mol. The van der Waals surface area contributed by atoms with E-state index in [9.17, 15) is 14.7 Å². The zero-order valence-electron chi connectivity index (χ0n) is 9.25. The van der Waals surface area contributed by atoms with Crippen LogP contribution in [0.2, 0.25) is 0 Å². The Morgan fingerprint density at radius 2 is 1.94 bits per heavy atom. The molecule has 88 valence electrons. The molecule has 1 aliphatic rings. The van der Waals surface area contributed by atoms with E-state index in [0.29, 0.717) is 5.69 Å². The van der Waals surface area contributed by atoms with Crippen LogP contribution in [0.25, 0.3) is 0 Å². The summed E-state index contributed by atoms with van der Waals surface area (Å²) < 4.78 is 0. The molecule has 0 aliphatic carbocycles. The van der Waals surface area contributed by atoms with Crippen molar-refractivity contribution in [2.75, 3.05) is 4.90 Å². The molecule has 1 aromatic carbocycles. The lowest BCUT2D eigenvalue weighted by Crippen LogP contribution is -2.37. The molecule has 1 unspecified atom stereocenters. The molecule has 1 aliphatic heterocycles. The van der Waals surface area contributed by atoms with E-state index in [-0.39, 0.29) is 5.57 Å². The smallest absolute Gasteiger partial charge is 0.254 e. The SMILES string of the molecule is Cc1ccc(N2C(=O)C=C(C(N)=O)C2O)cc1. The molecule has 0 aromatic heterocycles. The van der Waals surface area contributed by atoms with Crippen molar-refractivity contribution in [3.8, 4) is 0 Å². The molecule has 1 atom stereocenters. The molecule has 5 nitrogen and oxygen atoms in total. The maximum atomic E-state index is 11.7. The van der Waals surface area contributed by atoms with Crippen molar-refractivity contribution in [2.45, 2.75) is 13.2 Å². The Morgan fingerprint density at radius 3 is 2.41 bits per heavy atom. The largest absolute Gasteiger partial charge is 0.369 e. The average Bonchev–Trinajstić information content (AvgIpc) is 2.56. The molecule has 0 fully saturated rings. The van der Waals surface area contributed by atoms with Gasteiger partial charge in [0.1, 0.15) is 0 Å². The number of carbonyl (C=O) groups excluding carboxylic acids is 2. The summed E-state index contributed by atoms with van der Waals surface area (Å²) in [6, 6.07) is 7.04. The molecule has 1 heterocycles. The van der Waals surface area contributed by atoms with Gasteiger partial charge >= 0.3 is 0 Å². The predicted octanol–water partition coefficient (Wildman–Crippen LogP) is 0.0717. The second-order valence-corrected chi connectivity index (χ2v) is 3.88. The summed E-state index contributed by atoms with van der Waals surface area (Å²) in [5.74, 6) is -1.24. The second kappa shape index (κ2) is 4.03. The number of hydrogen-bond donors (Lipinski definition) is 2. The van der Waals surface area contributed by atoms with Crippen LogP contribution in [0.1, 0.15) is 5.56 Å². The highest BCUT2D eigenvalue weighted by molar-refractivity contribution is 6.12. The third-order valence-electron chi connectivity index (χ3n) is 2.64. The molecule has 3 N–H and O–H groups in total. The number of rotatable bonds is 2. The Labute approximate surface area is 98.1 Å². The van der Waals surface area contributed by atoms with Crippen LogP contribution in [0.15, 0.2) is 35.9 Å². The van der Waals surface area contributed by atoms with Gasteiger partial charge in [-0.15, -0.1) is 0 Å². The number of aryl methyl sites for hydroxylation is 1. The number of carbonyl (C=O) groups is 2. The number of anilines is 1. The van der Waals surface area contributed by atoms with E-state index in [0.717, 1.165) is 16.5 Å². The van der Waals surface area contributed by atoms with E-state index in [4.69, 9.17) is 5.73 Å². The highest BCUT2D eigenvalue weighted by Gasteiger charge is 2.34. The van der Waals surface area contributed by atoms with Crippen LogP contribution in [0.4, 0.5) is 5.69 Å². The van der Waals surface area contributed by atoms with Gasteiger partial charge in [-0.05, 0) is 19.1 Å². The van der Waals surface area contributed by atoms with Gasteiger partial charge in [0.2, 0.25) is 5.91 Å². The molecule has 0 saturated carbocycles. The predicted molar refractivity (Wildman–Crippen MR) is 61.9 cm³/mol. The molecular weight excluding hydrogens is 220 g/mol. The molecule has 2 amide bonds. The van der Waals surface area contributed by atoms with Crippen LogP contribution in [0.5, 0.6) is 0 Å². The normalized spacial score (nSPS) is 19.4. The van der Waals surface area contributed by atoms with Gasteiger partial charge in [0, 0.05) is 11.8 Å². The third-order valence-corrected chi connectivity index (χ3v) is 2.64. The van der Waals surface area contributed by atoms with E-state index >= 15 is 0 Å². The van der Waals surface area contributed by atoms with Gasteiger partial charge in [-0.1, -0.05) is 17.7 Å². The zero-order valence-corrected chi connectivity index (χ0v) is 9.25. The summed E-state index contributed by atoms with van der Waals surface area (Å²) in [5, 5.41) is 9.85. The number of amides is 2. The fraction of sp³-hybridized carbons (Fsp3) is 0.167. The van der Waals surface area contributed by atoms with Crippen molar-refractivity contribution >= 4 is 17.5 Å². The quantitative estimate of drug-likeness (QED) is 0.757. The summed E-state index contributed by atoms with van der Waals surface area (Å²) in [6.07, 6.45) is -0.241. The van der Waals surface area contributed by atoms with Gasteiger partial charge in [-0.25, -0.2) is 0 Å². The maximum Gasteiger partial charge on any atom is 0.254 e. The summed E-state index contributed by atoms with van der Waals surface area (Å²) in [6.45, 7) is 1.92. The van der Waals surface area contributed by atoms with Crippen molar-refractivity contribution < 1.29 is 14.7 Å². The minimum absolute atomic E-state index is 0.0874. The summed E-state index contributed by atoms with van der Waals surface area (Å²) in [4.78, 5) is 23.8. The van der Waals surface area contributed by atoms with Gasteiger partial charge in [0.15, 0.2) is 6.23 Å². The van der Waals surface area contributed by atoms with Gasteiger partial charge in [0.25, 0.3) is 5.91 Å². The lowest BCUT2D eigenvalue weighted by molar-refractivity contribution is -0.115. The van der Waals surface area contributed by atoms with Crippen molar-refractivity contribution in [3.63, 3.8) is 0 Å². The van der Waals surface area contributed by atoms with E-state index in [1.54, 1.807) is 12.1 Å². The molecule has 0 bridgehead atoms. The van der Waals surface area contributed by atoms with Crippen molar-refractivity contribution in [1.82, 2.24) is 0 Å². The number of primary amides is 1. The first kappa shape index (κ1) is 11.3. The van der Waals surface area contributed by atoms with E-state index < -0.39 is 18.0 Å². The van der Waals surface area contributed by atoms with E-state index in [1.807, 2.05) is 19.1 Å². The minimum Gasteiger partial charge on any atom is -0.369 e. The number of aliphatic hydroxyl groups excluding tert-OH is 1. The Bertz CT molecular complexity index is 505. The standard InChI is InChI=1S/C12H12N2O3/c1-7-2-4-8(5-3-7)14-10(15)6-9(11(13)16)12(14)17/h2-6,12,17H,1H3,(H2,13,16). The molecular formula is C12H12N2O3. The minimum atomic E-state index is -1.30. The van der Waals surface area contributed by atoms with Gasteiger partial charge in [-0.3, -0.25) is 14.5 Å². The fourth-order valence-electron chi connectivity index (χ4n) is 1.71. The van der Waals surface area contributed by atoms with E-state index in [1.165, 1.54) is 0 Å². The van der Waals surface area contributed by atoms with E-state index in [2.05, 4.69) is 0 Å². The first-order chi connectivity index (χ1) is 8.00. The molecule has 17 heavy (non-hydrogen) atoms. The molecule has 1 aromatic rings. The van der Waals surface area contributed by atoms with Crippen LogP contribution in [0, 0.1) is 6.92 Å².